The summed E-state index contributed by atoms with van der Waals surface area (Å²) in [5, 5.41) is 11.8. The lowest BCUT2D eigenvalue weighted by molar-refractivity contribution is 0.473. The fourth-order valence-corrected chi connectivity index (χ4v) is 1.54. The molecule has 4 nitrogen and oxygen atoms in total. The minimum absolute atomic E-state index is 0.343. The molecule has 0 bridgehead atoms. The third-order valence-electron chi connectivity index (χ3n) is 2.32. The fraction of sp³-hybridized carbons (Fsp3) is 0.231. The second-order valence-corrected chi connectivity index (χ2v) is 3.75. The molecule has 0 aliphatic heterocycles. The van der Waals surface area contributed by atoms with E-state index in [0.29, 0.717) is 18.8 Å². The van der Waals surface area contributed by atoms with Crippen molar-refractivity contribution in [1.29, 1.82) is 5.26 Å². The van der Waals surface area contributed by atoms with Gasteiger partial charge < -0.3 is 9.73 Å². The molecular formula is C13H13N3O. The number of furan rings is 1. The van der Waals surface area contributed by atoms with E-state index < -0.39 is 0 Å². The largest absolute Gasteiger partial charge is 0.449 e. The number of hydrogen-bond donors (Lipinski definition) is 1. The van der Waals surface area contributed by atoms with Crippen LogP contribution in [-0.4, -0.2) is 4.98 Å². The van der Waals surface area contributed by atoms with Crippen LogP contribution in [0.4, 0.5) is 0 Å². The summed E-state index contributed by atoms with van der Waals surface area (Å²) in [6, 6.07) is 11.4. The molecule has 0 unspecified atom stereocenters. The first-order valence-corrected chi connectivity index (χ1v) is 5.40. The number of aromatic nitrogens is 1. The van der Waals surface area contributed by atoms with Gasteiger partial charge in [-0.25, -0.2) is 0 Å². The van der Waals surface area contributed by atoms with Gasteiger partial charge in [-0.05, 0) is 31.2 Å². The van der Waals surface area contributed by atoms with Gasteiger partial charge >= 0.3 is 0 Å². The molecule has 0 aliphatic carbocycles. The van der Waals surface area contributed by atoms with Gasteiger partial charge in [0.05, 0.1) is 12.2 Å². The van der Waals surface area contributed by atoms with Crippen LogP contribution in [0.15, 0.2) is 34.7 Å². The molecule has 2 aromatic heterocycles. The van der Waals surface area contributed by atoms with Crippen molar-refractivity contribution < 1.29 is 4.42 Å². The van der Waals surface area contributed by atoms with Crippen molar-refractivity contribution >= 4 is 0 Å². The smallest absolute Gasteiger partial charge is 0.203 e. The molecule has 0 fully saturated rings. The third-order valence-corrected chi connectivity index (χ3v) is 2.32. The molecule has 2 heterocycles. The van der Waals surface area contributed by atoms with Crippen LogP contribution >= 0.6 is 0 Å². The van der Waals surface area contributed by atoms with Crippen LogP contribution in [0.3, 0.4) is 0 Å². The molecule has 0 radical (unpaired) electrons. The van der Waals surface area contributed by atoms with Gasteiger partial charge in [-0.2, -0.15) is 5.26 Å². The maximum absolute atomic E-state index is 8.61. The van der Waals surface area contributed by atoms with E-state index in [0.717, 1.165) is 17.1 Å². The highest BCUT2D eigenvalue weighted by molar-refractivity contribution is 5.19. The fourth-order valence-electron chi connectivity index (χ4n) is 1.54. The molecule has 0 saturated carbocycles. The lowest BCUT2D eigenvalue weighted by Crippen LogP contribution is -2.13. The number of nitrogens with one attached hydrogen (secondary N) is 1. The van der Waals surface area contributed by atoms with Gasteiger partial charge in [0.15, 0.2) is 0 Å². The van der Waals surface area contributed by atoms with E-state index in [-0.39, 0.29) is 0 Å². The standard InChI is InChI=1S/C13H13N3O/c1-10-3-2-4-11(16-10)8-15-9-13-6-5-12(7-14)17-13/h2-6,15H,8-9H2,1H3. The van der Waals surface area contributed by atoms with Crippen LogP contribution in [0.5, 0.6) is 0 Å². The Balaban J connectivity index is 1.85. The molecule has 1 N–H and O–H groups in total. The number of hydrogen-bond acceptors (Lipinski definition) is 4. The average molecular weight is 227 g/mol. The molecule has 4 heteroatoms. The van der Waals surface area contributed by atoms with E-state index in [4.69, 9.17) is 9.68 Å². The maximum Gasteiger partial charge on any atom is 0.203 e. The first-order chi connectivity index (χ1) is 8.28. The Morgan fingerprint density at radius 2 is 2.18 bits per heavy atom. The summed E-state index contributed by atoms with van der Waals surface area (Å²) < 4.78 is 5.25. The summed E-state index contributed by atoms with van der Waals surface area (Å²) in [6.07, 6.45) is 0. The minimum atomic E-state index is 0.343. The van der Waals surface area contributed by atoms with Gasteiger partial charge in [0.25, 0.3) is 0 Å². The lowest BCUT2D eigenvalue weighted by atomic mass is 10.3. The number of nitriles is 1. The topological polar surface area (TPSA) is 61.9 Å². The van der Waals surface area contributed by atoms with Crippen LogP contribution in [0.1, 0.15) is 22.9 Å². The molecule has 86 valence electrons. The molecule has 0 aliphatic rings. The molecular weight excluding hydrogens is 214 g/mol. The predicted molar refractivity (Wildman–Crippen MR) is 62.9 cm³/mol. The van der Waals surface area contributed by atoms with Gasteiger partial charge in [0.1, 0.15) is 11.8 Å². The molecule has 0 amide bonds. The maximum atomic E-state index is 8.61. The zero-order valence-electron chi connectivity index (χ0n) is 9.60. The van der Waals surface area contributed by atoms with Crippen molar-refractivity contribution in [2.75, 3.05) is 0 Å². The highest BCUT2D eigenvalue weighted by Crippen LogP contribution is 2.06. The average Bonchev–Trinajstić information content (AvgIpc) is 2.77. The molecule has 0 aromatic carbocycles. The summed E-state index contributed by atoms with van der Waals surface area (Å²) in [4.78, 5) is 4.38. The van der Waals surface area contributed by atoms with Crippen LogP contribution < -0.4 is 5.32 Å². The van der Waals surface area contributed by atoms with Crippen LogP contribution in [-0.2, 0) is 13.1 Å². The third kappa shape index (κ3) is 3.16. The summed E-state index contributed by atoms with van der Waals surface area (Å²) in [5.41, 5.74) is 2.01. The predicted octanol–water partition coefficient (Wildman–Crippen LogP) is 2.14. The molecule has 0 atom stereocenters. The molecule has 2 rings (SSSR count). The van der Waals surface area contributed by atoms with Crippen molar-refractivity contribution in [3.05, 3.63) is 53.2 Å². The Morgan fingerprint density at radius 3 is 2.88 bits per heavy atom. The zero-order valence-corrected chi connectivity index (χ0v) is 9.60. The van der Waals surface area contributed by atoms with Gasteiger partial charge in [-0.15, -0.1) is 0 Å². The highest BCUT2D eigenvalue weighted by Gasteiger charge is 2.01. The number of pyridine rings is 1. The molecule has 2 aromatic rings. The monoisotopic (exact) mass is 227 g/mol. The number of aryl methyl sites for hydroxylation is 1. The van der Waals surface area contributed by atoms with Gasteiger partial charge in [0, 0.05) is 12.2 Å². The Bertz CT molecular complexity index is 540. The first-order valence-electron chi connectivity index (χ1n) is 5.40. The van der Waals surface area contributed by atoms with E-state index >= 15 is 0 Å². The lowest BCUT2D eigenvalue weighted by Gasteiger charge is -2.02. The highest BCUT2D eigenvalue weighted by atomic mass is 16.3. The zero-order chi connectivity index (χ0) is 12.1. The summed E-state index contributed by atoms with van der Waals surface area (Å²) in [7, 11) is 0. The van der Waals surface area contributed by atoms with E-state index in [9.17, 15) is 0 Å². The molecule has 0 saturated heterocycles. The Kier molecular flexibility index (Phi) is 3.53. The minimum Gasteiger partial charge on any atom is -0.449 e. The van der Waals surface area contributed by atoms with E-state index in [1.165, 1.54) is 0 Å². The summed E-state index contributed by atoms with van der Waals surface area (Å²) in [6.45, 7) is 3.25. The Hall–Kier alpha value is -2.12. The van der Waals surface area contributed by atoms with Crippen LogP contribution in [0.25, 0.3) is 0 Å². The second kappa shape index (κ2) is 5.28. The number of rotatable bonds is 4. The van der Waals surface area contributed by atoms with E-state index in [2.05, 4.69) is 10.3 Å². The van der Waals surface area contributed by atoms with E-state index in [1.54, 1.807) is 12.1 Å². The van der Waals surface area contributed by atoms with Gasteiger partial charge in [0.2, 0.25) is 5.76 Å². The summed E-state index contributed by atoms with van der Waals surface area (Å²) >= 11 is 0. The van der Waals surface area contributed by atoms with Crippen molar-refractivity contribution in [3.63, 3.8) is 0 Å². The Morgan fingerprint density at radius 1 is 1.29 bits per heavy atom. The molecule has 0 spiro atoms. The normalized spacial score (nSPS) is 10.1. The van der Waals surface area contributed by atoms with Gasteiger partial charge in [-0.3, -0.25) is 4.98 Å². The van der Waals surface area contributed by atoms with Crippen LogP contribution in [0, 0.1) is 18.3 Å². The Labute approximate surface area is 99.9 Å². The first kappa shape index (κ1) is 11.4. The molecule has 17 heavy (non-hydrogen) atoms. The van der Waals surface area contributed by atoms with Gasteiger partial charge in [-0.1, -0.05) is 6.07 Å². The van der Waals surface area contributed by atoms with Crippen molar-refractivity contribution in [1.82, 2.24) is 10.3 Å². The van der Waals surface area contributed by atoms with Crippen molar-refractivity contribution in [3.8, 4) is 6.07 Å². The van der Waals surface area contributed by atoms with Crippen LogP contribution in [0.2, 0.25) is 0 Å². The summed E-state index contributed by atoms with van der Waals surface area (Å²) in [5.74, 6) is 1.10. The second-order valence-electron chi connectivity index (χ2n) is 3.75. The van der Waals surface area contributed by atoms with Crippen molar-refractivity contribution in [2.24, 2.45) is 0 Å². The number of nitrogens with zero attached hydrogens (tertiary/aromatic N) is 2. The SMILES string of the molecule is Cc1cccc(CNCc2ccc(C#N)o2)n1. The quantitative estimate of drug-likeness (QED) is 0.869. The van der Waals surface area contributed by atoms with Crippen molar-refractivity contribution in [2.45, 2.75) is 20.0 Å². The van der Waals surface area contributed by atoms with E-state index in [1.807, 2.05) is 31.2 Å².